The highest BCUT2D eigenvalue weighted by molar-refractivity contribution is 5.86. The Labute approximate surface area is 221 Å². The number of aromatic nitrogens is 2. The summed E-state index contributed by atoms with van der Waals surface area (Å²) in [6, 6.07) is 41.4. The summed E-state index contributed by atoms with van der Waals surface area (Å²) >= 11 is 0. The first-order chi connectivity index (χ1) is 18.8. The second kappa shape index (κ2) is 10.5. The Morgan fingerprint density at radius 2 is 1.55 bits per heavy atom. The van der Waals surface area contributed by atoms with Crippen molar-refractivity contribution < 1.29 is 4.74 Å². The molecule has 1 atom stereocenters. The zero-order chi connectivity index (χ0) is 25.7. The first kappa shape index (κ1) is 23.3. The fraction of sp³-hybridized carbons (Fsp3) is 0.0588. The van der Waals surface area contributed by atoms with Crippen molar-refractivity contribution in [3.8, 4) is 11.8 Å². The first-order valence-corrected chi connectivity index (χ1v) is 12.6. The molecule has 182 valence electrons. The smallest absolute Gasteiger partial charge is 0.174 e. The van der Waals surface area contributed by atoms with Crippen LogP contribution in [0, 0.1) is 11.3 Å². The standard InChI is InChI=1S/C34H25N3O/c35-21-23-38-32-15-7-12-28-20-22-37(34(28)32)33(27-10-2-1-3-11-27)29-13-6-8-25(24-29)16-18-30-19-17-26-9-4-5-14-31(26)36-30/h1-20,22,24,33H,23H2. The number of hydrogen-bond acceptors (Lipinski definition) is 3. The molecule has 0 amide bonds. The largest absolute Gasteiger partial charge is 0.477 e. The van der Waals surface area contributed by atoms with Crippen LogP contribution >= 0.6 is 0 Å². The highest BCUT2D eigenvalue weighted by Crippen LogP contribution is 2.35. The molecule has 6 aromatic rings. The van der Waals surface area contributed by atoms with Crippen LogP contribution in [0.25, 0.3) is 34.0 Å². The molecular formula is C34H25N3O. The van der Waals surface area contributed by atoms with Crippen molar-refractivity contribution in [2.45, 2.75) is 6.04 Å². The van der Waals surface area contributed by atoms with Crippen LogP contribution in [0.15, 0.2) is 121 Å². The van der Waals surface area contributed by atoms with E-state index in [2.05, 4.69) is 102 Å². The molecule has 4 nitrogen and oxygen atoms in total. The summed E-state index contributed by atoms with van der Waals surface area (Å²) in [6.45, 7) is 0.00336. The molecular weight excluding hydrogens is 466 g/mol. The topological polar surface area (TPSA) is 50.8 Å². The van der Waals surface area contributed by atoms with E-state index < -0.39 is 0 Å². The summed E-state index contributed by atoms with van der Waals surface area (Å²) in [4.78, 5) is 4.78. The van der Waals surface area contributed by atoms with Gasteiger partial charge in [0.25, 0.3) is 0 Å². The van der Waals surface area contributed by atoms with Gasteiger partial charge in [0.05, 0.1) is 22.8 Å². The van der Waals surface area contributed by atoms with Gasteiger partial charge >= 0.3 is 0 Å². The quantitative estimate of drug-likeness (QED) is 0.228. The molecule has 38 heavy (non-hydrogen) atoms. The molecule has 0 spiro atoms. The molecule has 0 aliphatic heterocycles. The Balaban J connectivity index is 1.42. The van der Waals surface area contributed by atoms with Gasteiger partial charge in [-0.1, -0.05) is 91.0 Å². The zero-order valence-corrected chi connectivity index (χ0v) is 20.7. The maximum atomic E-state index is 9.11. The van der Waals surface area contributed by atoms with Gasteiger partial charge in [-0.3, -0.25) is 0 Å². The van der Waals surface area contributed by atoms with Gasteiger partial charge in [-0.2, -0.15) is 5.26 Å². The molecule has 0 fully saturated rings. The fourth-order valence-electron chi connectivity index (χ4n) is 4.96. The molecule has 2 aromatic heterocycles. The number of hydrogen-bond donors (Lipinski definition) is 0. The monoisotopic (exact) mass is 491 g/mol. The van der Waals surface area contributed by atoms with Crippen LogP contribution in [0.2, 0.25) is 0 Å². The van der Waals surface area contributed by atoms with E-state index in [-0.39, 0.29) is 12.6 Å². The summed E-state index contributed by atoms with van der Waals surface area (Å²) < 4.78 is 8.07. The lowest BCUT2D eigenvalue weighted by atomic mass is 9.96. The normalized spacial score (nSPS) is 12.1. The zero-order valence-electron chi connectivity index (χ0n) is 20.7. The van der Waals surface area contributed by atoms with Crippen molar-refractivity contribution >= 4 is 34.0 Å². The molecule has 6 rings (SSSR count). The van der Waals surface area contributed by atoms with E-state index in [1.165, 1.54) is 0 Å². The van der Waals surface area contributed by atoms with E-state index in [0.29, 0.717) is 5.75 Å². The van der Waals surface area contributed by atoms with Gasteiger partial charge in [-0.25, -0.2) is 4.98 Å². The second-order valence-corrected chi connectivity index (χ2v) is 9.11. The average Bonchev–Trinajstić information content (AvgIpc) is 3.40. The predicted octanol–water partition coefficient (Wildman–Crippen LogP) is 7.90. The molecule has 0 N–H and O–H groups in total. The van der Waals surface area contributed by atoms with Gasteiger partial charge in [0, 0.05) is 17.0 Å². The van der Waals surface area contributed by atoms with E-state index >= 15 is 0 Å². The summed E-state index contributed by atoms with van der Waals surface area (Å²) in [6.07, 6.45) is 6.27. The minimum Gasteiger partial charge on any atom is -0.477 e. The van der Waals surface area contributed by atoms with Crippen molar-refractivity contribution in [1.82, 2.24) is 9.55 Å². The number of para-hydroxylation sites is 2. The average molecular weight is 492 g/mol. The highest BCUT2D eigenvalue weighted by Gasteiger charge is 2.20. The third kappa shape index (κ3) is 4.66. The van der Waals surface area contributed by atoms with Crippen LogP contribution < -0.4 is 4.74 Å². The number of nitriles is 1. The molecule has 4 aromatic carbocycles. The minimum atomic E-state index is -0.0762. The van der Waals surface area contributed by atoms with E-state index in [4.69, 9.17) is 15.0 Å². The number of ether oxygens (including phenoxy) is 1. The molecule has 0 saturated carbocycles. The van der Waals surface area contributed by atoms with Crippen LogP contribution in [0.4, 0.5) is 0 Å². The molecule has 0 aliphatic rings. The second-order valence-electron chi connectivity index (χ2n) is 9.11. The highest BCUT2D eigenvalue weighted by atomic mass is 16.5. The predicted molar refractivity (Wildman–Crippen MR) is 154 cm³/mol. The van der Waals surface area contributed by atoms with E-state index in [9.17, 15) is 0 Å². The Morgan fingerprint density at radius 1 is 0.763 bits per heavy atom. The van der Waals surface area contributed by atoms with Crippen molar-refractivity contribution in [2.24, 2.45) is 0 Å². The first-order valence-electron chi connectivity index (χ1n) is 12.6. The van der Waals surface area contributed by atoms with E-state index in [1.54, 1.807) is 0 Å². The summed E-state index contributed by atoms with van der Waals surface area (Å²) in [5.74, 6) is 0.702. The van der Waals surface area contributed by atoms with Crippen LogP contribution in [0.1, 0.15) is 28.4 Å². The number of rotatable bonds is 7. The van der Waals surface area contributed by atoms with Crippen LogP contribution in [0.5, 0.6) is 5.75 Å². The lowest BCUT2D eigenvalue weighted by Gasteiger charge is -2.23. The third-order valence-electron chi connectivity index (χ3n) is 6.68. The third-order valence-corrected chi connectivity index (χ3v) is 6.68. The van der Waals surface area contributed by atoms with Gasteiger partial charge in [0.2, 0.25) is 0 Å². The number of fused-ring (bicyclic) bond motifs is 2. The summed E-state index contributed by atoms with van der Waals surface area (Å²) in [5.41, 5.74) is 6.29. The number of pyridine rings is 1. The van der Waals surface area contributed by atoms with Crippen molar-refractivity contribution in [2.75, 3.05) is 6.61 Å². The maximum absolute atomic E-state index is 9.11. The SMILES string of the molecule is N#CCOc1cccc2ccn(C(c3ccccc3)c3cccc(C=Cc4ccc5ccccc5n4)c3)c12. The van der Waals surface area contributed by atoms with Crippen molar-refractivity contribution in [1.29, 1.82) is 5.26 Å². The minimum absolute atomic E-state index is 0.00336. The lowest BCUT2D eigenvalue weighted by molar-refractivity contribution is 0.370. The van der Waals surface area contributed by atoms with Gasteiger partial charge < -0.3 is 9.30 Å². The molecule has 0 radical (unpaired) electrons. The van der Waals surface area contributed by atoms with Crippen molar-refractivity contribution in [3.63, 3.8) is 0 Å². The molecule has 0 bridgehead atoms. The molecule has 1 unspecified atom stereocenters. The number of benzene rings is 4. The molecule has 4 heteroatoms. The van der Waals surface area contributed by atoms with Crippen LogP contribution in [-0.2, 0) is 0 Å². The lowest BCUT2D eigenvalue weighted by Crippen LogP contribution is -2.12. The van der Waals surface area contributed by atoms with E-state index in [0.717, 1.165) is 44.2 Å². The Hall–Kier alpha value is -5.14. The molecule has 0 saturated heterocycles. The Morgan fingerprint density at radius 3 is 2.45 bits per heavy atom. The maximum Gasteiger partial charge on any atom is 0.174 e. The molecule has 2 heterocycles. The van der Waals surface area contributed by atoms with Gasteiger partial charge in [0.15, 0.2) is 6.61 Å². The Bertz CT molecular complexity index is 1790. The van der Waals surface area contributed by atoms with Gasteiger partial charge in [-0.05, 0) is 53.1 Å². The van der Waals surface area contributed by atoms with Crippen LogP contribution in [-0.4, -0.2) is 16.2 Å². The molecule has 0 aliphatic carbocycles. The van der Waals surface area contributed by atoms with Gasteiger partial charge in [0.1, 0.15) is 11.8 Å². The van der Waals surface area contributed by atoms with Gasteiger partial charge in [-0.15, -0.1) is 0 Å². The summed E-state index contributed by atoms with van der Waals surface area (Å²) in [7, 11) is 0. The summed E-state index contributed by atoms with van der Waals surface area (Å²) in [5, 5.41) is 11.3. The fourth-order valence-corrected chi connectivity index (χ4v) is 4.96. The van der Waals surface area contributed by atoms with E-state index in [1.807, 2.05) is 42.5 Å². The van der Waals surface area contributed by atoms with Crippen LogP contribution in [0.3, 0.4) is 0 Å². The Kier molecular flexibility index (Phi) is 6.41. The van der Waals surface area contributed by atoms with Crippen molar-refractivity contribution in [3.05, 3.63) is 144 Å². The number of nitrogens with zero attached hydrogens (tertiary/aromatic N) is 3.